The van der Waals surface area contributed by atoms with Crippen LogP contribution in [-0.2, 0) is 9.47 Å². The number of carbonyl (C=O) groups excluding carboxylic acids is 1. The van der Waals surface area contributed by atoms with E-state index >= 15 is 0 Å². The van der Waals surface area contributed by atoms with Crippen LogP contribution in [0.4, 0.5) is 11.5 Å². The van der Waals surface area contributed by atoms with E-state index in [4.69, 9.17) is 15.9 Å². The third-order valence-electron chi connectivity index (χ3n) is 5.30. The number of hydrogen-bond acceptors (Lipinski definition) is 7. The maximum atomic E-state index is 11.2. The third kappa shape index (κ3) is 7.40. The molecule has 0 aromatic carbocycles. The number of ether oxygens (including phenoxy) is 2. The molecule has 29 heavy (non-hydrogen) atoms. The Bertz CT molecular complexity index is 641. The van der Waals surface area contributed by atoms with Crippen LogP contribution in [0.15, 0.2) is 6.07 Å². The van der Waals surface area contributed by atoms with Gasteiger partial charge in [0.2, 0.25) is 0 Å². The minimum absolute atomic E-state index is 0.112. The minimum atomic E-state index is 0.112. The molecule has 0 saturated carbocycles. The van der Waals surface area contributed by atoms with E-state index in [9.17, 15) is 4.79 Å². The van der Waals surface area contributed by atoms with Gasteiger partial charge in [-0.05, 0) is 44.1 Å². The average molecular weight is 407 g/mol. The van der Waals surface area contributed by atoms with Crippen LogP contribution in [0.3, 0.4) is 0 Å². The highest BCUT2D eigenvalue weighted by Crippen LogP contribution is 2.32. The van der Waals surface area contributed by atoms with Crippen molar-refractivity contribution in [3.05, 3.63) is 17.3 Å². The Balaban J connectivity index is 0.000000960. The summed E-state index contributed by atoms with van der Waals surface area (Å²) >= 11 is 0. The molecule has 1 aromatic rings. The molecule has 1 fully saturated rings. The van der Waals surface area contributed by atoms with Crippen LogP contribution >= 0.6 is 0 Å². The fraction of sp³-hybridized carbons (Fsp3) is 0.682. The Morgan fingerprint density at radius 2 is 1.97 bits per heavy atom. The third-order valence-corrected chi connectivity index (χ3v) is 5.30. The molecule has 2 rings (SSSR count). The summed E-state index contributed by atoms with van der Waals surface area (Å²) in [5.41, 5.74) is 8.56. The average Bonchev–Trinajstić information content (AvgIpc) is 2.73. The van der Waals surface area contributed by atoms with Gasteiger partial charge in [0.1, 0.15) is 11.5 Å². The first-order valence-corrected chi connectivity index (χ1v) is 10.5. The summed E-state index contributed by atoms with van der Waals surface area (Å²) in [6, 6.07) is 1.78. The van der Waals surface area contributed by atoms with Crippen molar-refractivity contribution in [2.24, 2.45) is 11.8 Å². The van der Waals surface area contributed by atoms with Gasteiger partial charge in [0, 0.05) is 46.2 Å². The van der Waals surface area contributed by atoms with Crippen LogP contribution in [0.1, 0.15) is 62.5 Å². The van der Waals surface area contributed by atoms with Gasteiger partial charge in [-0.2, -0.15) is 0 Å². The molecule has 7 heteroatoms. The number of carbonyl (C=O) groups is 1. The molecule has 0 bridgehead atoms. The number of aromatic nitrogens is 1. The number of nitrogens with zero attached hydrogens (tertiary/aromatic N) is 2. The quantitative estimate of drug-likeness (QED) is 0.478. The van der Waals surface area contributed by atoms with E-state index in [1.807, 2.05) is 13.8 Å². The lowest BCUT2D eigenvalue weighted by atomic mass is 9.91. The first-order valence-electron chi connectivity index (χ1n) is 10.5. The Hall–Kier alpha value is -1.99. The van der Waals surface area contributed by atoms with E-state index in [0.29, 0.717) is 22.9 Å². The Labute approximate surface area is 175 Å². The van der Waals surface area contributed by atoms with Crippen LogP contribution in [0.25, 0.3) is 0 Å². The van der Waals surface area contributed by atoms with Gasteiger partial charge < -0.3 is 25.5 Å². The summed E-state index contributed by atoms with van der Waals surface area (Å²) in [6.45, 7) is 9.47. The number of anilines is 2. The van der Waals surface area contributed by atoms with Crippen molar-refractivity contribution in [2.75, 3.05) is 51.2 Å². The van der Waals surface area contributed by atoms with E-state index in [0.717, 1.165) is 64.0 Å². The van der Waals surface area contributed by atoms with Crippen molar-refractivity contribution >= 4 is 23.5 Å². The second-order valence-electron chi connectivity index (χ2n) is 7.51. The molecule has 3 N–H and O–H groups in total. The van der Waals surface area contributed by atoms with Gasteiger partial charge in [0.15, 0.2) is 6.29 Å². The lowest BCUT2D eigenvalue weighted by Gasteiger charge is -2.35. The lowest BCUT2D eigenvalue weighted by molar-refractivity contribution is 0.111. The highest BCUT2D eigenvalue weighted by molar-refractivity contribution is 6.08. The van der Waals surface area contributed by atoms with Crippen molar-refractivity contribution in [2.45, 2.75) is 46.5 Å². The fourth-order valence-corrected chi connectivity index (χ4v) is 3.56. The molecule has 1 unspecified atom stereocenters. The number of pyridine rings is 1. The van der Waals surface area contributed by atoms with Crippen molar-refractivity contribution < 1.29 is 14.3 Å². The zero-order valence-corrected chi connectivity index (χ0v) is 18.7. The van der Waals surface area contributed by atoms with Crippen molar-refractivity contribution in [1.29, 1.82) is 5.41 Å². The zero-order valence-electron chi connectivity index (χ0n) is 18.7. The smallest absolute Gasteiger partial charge is 0.168 e. The molecule has 1 aliphatic heterocycles. The molecule has 1 aliphatic rings. The van der Waals surface area contributed by atoms with E-state index in [-0.39, 0.29) is 11.7 Å². The monoisotopic (exact) mass is 406 g/mol. The molecule has 0 amide bonds. The molecule has 1 atom stereocenters. The van der Waals surface area contributed by atoms with Gasteiger partial charge in [-0.25, -0.2) is 4.98 Å². The Morgan fingerprint density at radius 3 is 2.45 bits per heavy atom. The van der Waals surface area contributed by atoms with Gasteiger partial charge in [0.05, 0.1) is 11.3 Å². The molecular formula is C22H38N4O3. The second kappa shape index (κ2) is 13.3. The summed E-state index contributed by atoms with van der Waals surface area (Å²) < 4.78 is 9.81. The van der Waals surface area contributed by atoms with Crippen LogP contribution < -0.4 is 10.6 Å². The summed E-state index contributed by atoms with van der Waals surface area (Å²) in [7, 11) is 3.42. The highest BCUT2D eigenvalue weighted by Gasteiger charge is 2.26. The van der Waals surface area contributed by atoms with Crippen molar-refractivity contribution in [3.8, 4) is 0 Å². The number of piperidine rings is 1. The maximum Gasteiger partial charge on any atom is 0.168 e. The number of nitrogen functional groups attached to an aromatic ring is 1. The molecule has 0 aliphatic carbocycles. The predicted molar refractivity (Wildman–Crippen MR) is 119 cm³/mol. The topological polar surface area (TPSA) is 102 Å². The summed E-state index contributed by atoms with van der Waals surface area (Å²) in [6.07, 6.45) is 4.73. The van der Waals surface area contributed by atoms with E-state index in [1.165, 1.54) is 0 Å². The van der Waals surface area contributed by atoms with Gasteiger partial charge in [-0.1, -0.05) is 20.3 Å². The number of nitrogens with one attached hydrogen (secondary N) is 1. The summed E-state index contributed by atoms with van der Waals surface area (Å²) in [5, 5.41) is 8.62. The second-order valence-corrected chi connectivity index (χ2v) is 7.51. The maximum absolute atomic E-state index is 11.2. The largest absolute Gasteiger partial charge is 0.385 e. The van der Waals surface area contributed by atoms with Gasteiger partial charge in [0.25, 0.3) is 0 Å². The van der Waals surface area contributed by atoms with Crippen LogP contribution in [0.2, 0.25) is 0 Å². The van der Waals surface area contributed by atoms with Gasteiger partial charge >= 0.3 is 0 Å². The van der Waals surface area contributed by atoms with Crippen molar-refractivity contribution in [3.63, 3.8) is 0 Å². The standard InChI is InChI=1S/C19H30N4O2.C3H8O/c1-4-5-13(2)18(20)17-16(10-15(11-24)22-19(17)21)23-8-6-14(7-9-23)12-25-3;1-3-4-2/h10-11,13-14,20H,4-9,12H2,1-3H3,(H2,21,22);3H2,1-2H3. The lowest BCUT2D eigenvalue weighted by Crippen LogP contribution is -2.36. The molecule has 0 spiro atoms. The molecule has 7 nitrogen and oxygen atoms in total. The Morgan fingerprint density at radius 1 is 1.34 bits per heavy atom. The van der Waals surface area contributed by atoms with Crippen LogP contribution in [0.5, 0.6) is 0 Å². The number of aldehydes is 1. The minimum Gasteiger partial charge on any atom is -0.385 e. The number of hydrogen-bond donors (Lipinski definition) is 2. The molecule has 1 saturated heterocycles. The summed E-state index contributed by atoms with van der Waals surface area (Å²) in [4.78, 5) is 17.7. The van der Waals surface area contributed by atoms with Gasteiger partial charge in [-0.3, -0.25) is 4.79 Å². The zero-order chi connectivity index (χ0) is 21.8. The molecule has 2 heterocycles. The fourth-order valence-electron chi connectivity index (χ4n) is 3.56. The number of nitrogens with two attached hydrogens (primary N) is 1. The van der Waals surface area contributed by atoms with Crippen LogP contribution in [0, 0.1) is 17.2 Å². The first-order chi connectivity index (χ1) is 13.9. The van der Waals surface area contributed by atoms with E-state index in [2.05, 4.69) is 21.5 Å². The normalized spacial score (nSPS) is 15.4. The van der Waals surface area contributed by atoms with E-state index in [1.54, 1.807) is 20.3 Å². The van der Waals surface area contributed by atoms with Crippen LogP contribution in [-0.4, -0.2) is 57.5 Å². The SMILES string of the molecule is CCCC(C)C(=N)c1c(N2CCC(COC)CC2)cc(C=O)nc1N.CCOC. The molecule has 1 aromatic heterocycles. The molecule has 0 radical (unpaired) electrons. The summed E-state index contributed by atoms with van der Waals surface area (Å²) in [5.74, 6) is 0.959. The van der Waals surface area contributed by atoms with E-state index < -0.39 is 0 Å². The van der Waals surface area contributed by atoms with Crippen molar-refractivity contribution in [1.82, 2.24) is 4.98 Å². The predicted octanol–water partition coefficient (Wildman–Crippen LogP) is 3.80. The molecular weight excluding hydrogens is 368 g/mol. The molecule has 164 valence electrons. The first kappa shape index (κ1) is 25.0. The Kier molecular flexibility index (Phi) is 11.5. The number of methoxy groups -OCH3 is 2. The highest BCUT2D eigenvalue weighted by atomic mass is 16.5. The van der Waals surface area contributed by atoms with Gasteiger partial charge in [-0.15, -0.1) is 0 Å². The number of rotatable bonds is 9.